The first-order chi connectivity index (χ1) is 9.77. The van der Waals surface area contributed by atoms with Gasteiger partial charge in [-0.15, -0.1) is 0 Å². The third kappa shape index (κ3) is 5.02. The standard InChI is InChI=1S/C14H22N2O4S/c1-4-7-15-13-6-5-11(8-12(13)14(17)18)21(19,20)16-9-10(2)3/h5-6,8,10,15-16H,4,7,9H2,1-3H3,(H,17,18). The molecule has 21 heavy (non-hydrogen) atoms. The maximum atomic E-state index is 12.1. The number of carboxylic acid groups (broad SMARTS) is 1. The lowest BCUT2D eigenvalue weighted by Gasteiger charge is -2.12. The van der Waals surface area contributed by atoms with E-state index in [0.29, 0.717) is 18.8 Å². The van der Waals surface area contributed by atoms with Crippen LogP contribution in [0.3, 0.4) is 0 Å². The van der Waals surface area contributed by atoms with Crippen molar-refractivity contribution in [3.8, 4) is 0 Å². The second kappa shape index (κ2) is 7.42. The summed E-state index contributed by atoms with van der Waals surface area (Å²) in [4.78, 5) is 11.2. The van der Waals surface area contributed by atoms with Crippen LogP contribution in [0.1, 0.15) is 37.6 Å². The van der Waals surface area contributed by atoms with Crippen LogP contribution in [0.2, 0.25) is 0 Å². The van der Waals surface area contributed by atoms with Crippen LogP contribution in [0, 0.1) is 5.92 Å². The molecule has 118 valence electrons. The van der Waals surface area contributed by atoms with Gasteiger partial charge in [0, 0.05) is 18.8 Å². The van der Waals surface area contributed by atoms with Crippen LogP contribution >= 0.6 is 0 Å². The monoisotopic (exact) mass is 314 g/mol. The van der Waals surface area contributed by atoms with Gasteiger partial charge in [-0.1, -0.05) is 20.8 Å². The Morgan fingerprint density at radius 3 is 2.52 bits per heavy atom. The number of carboxylic acids is 1. The molecule has 0 aliphatic rings. The first-order valence-electron chi connectivity index (χ1n) is 6.88. The van der Waals surface area contributed by atoms with Gasteiger partial charge in [-0.3, -0.25) is 0 Å². The highest BCUT2D eigenvalue weighted by molar-refractivity contribution is 7.89. The molecule has 1 aromatic carbocycles. The zero-order valence-electron chi connectivity index (χ0n) is 12.5. The predicted octanol–water partition coefficient (Wildman–Crippen LogP) is 2.14. The highest BCUT2D eigenvalue weighted by atomic mass is 32.2. The van der Waals surface area contributed by atoms with E-state index < -0.39 is 16.0 Å². The molecule has 6 nitrogen and oxygen atoms in total. The van der Waals surface area contributed by atoms with Crippen molar-refractivity contribution < 1.29 is 18.3 Å². The van der Waals surface area contributed by atoms with Crippen molar-refractivity contribution in [2.75, 3.05) is 18.4 Å². The van der Waals surface area contributed by atoms with Crippen LogP contribution < -0.4 is 10.0 Å². The summed E-state index contributed by atoms with van der Waals surface area (Å²) in [6, 6.07) is 4.08. The number of aromatic carboxylic acids is 1. The molecule has 0 saturated carbocycles. The Bertz CT molecular complexity index is 597. The zero-order valence-corrected chi connectivity index (χ0v) is 13.3. The number of benzene rings is 1. The highest BCUT2D eigenvalue weighted by Gasteiger charge is 2.18. The average molecular weight is 314 g/mol. The lowest BCUT2D eigenvalue weighted by molar-refractivity contribution is 0.0697. The van der Waals surface area contributed by atoms with Crippen LogP contribution in [0.4, 0.5) is 5.69 Å². The number of sulfonamides is 1. The van der Waals surface area contributed by atoms with Gasteiger partial charge in [0.25, 0.3) is 0 Å². The zero-order chi connectivity index (χ0) is 16.0. The van der Waals surface area contributed by atoms with Gasteiger partial charge < -0.3 is 10.4 Å². The molecule has 1 rings (SSSR count). The minimum absolute atomic E-state index is 0.0393. The molecule has 0 aliphatic heterocycles. The predicted molar refractivity (Wildman–Crippen MR) is 82.2 cm³/mol. The van der Waals surface area contributed by atoms with Gasteiger partial charge in [0.05, 0.1) is 10.5 Å². The molecule has 0 atom stereocenters. The maximum absolute atomic E-state index is 12.1. The van der Waals surface area contributed by atoms with E-state index in [0.717, 1.165) is 6.42 Å². The summed E-state index contributed by atoms with van der Waals surface area (Å²) in [5.74, 6) is -0.987. The summed E-state index contributed by atoms with van der Waals surface area (Å²) in [6.45, 7) is 6.67. The van der Waals surface area contributed by atoms with E-state index in [1.54, 1.807) is 0 Å². The summed E-state index contributed by atoms with van der Waals surface area (Å²) < 4.78 is 26.7. The van der Waals surface area contributed by atoms with Crippen molar-refractivity contribution >= 4 is 21.7 Å². The van der Waals surface area contributed by atoms with Crippen molar-refractivity contribution in [2.45, 2.75) is 32.1 Å². The second-order valence-electron chi connectivity index (χ2n) is 5.19. The normalized spacial score (nSPS) is 11.6. The van der Waals surface area contributed by atoms with Gasteiger partial charge in [-0.25, -0.2) is 17.9 Å². The third-order valence-electron chi connectivity index (χ3n) is 2.78. The number of hydrogen-bond acceptors (Lipinski definition) is 4. The first-order valence-corrected chi connectivity index (χ1v) is 8.37. The summed E-state index contributed by atoms with van der Waals surface area (Å²) in [7, 11) is -3.69. The Labute approximate surface area is 125 Å². The van der Waals surface area contributed by atoms with Crippen molar-refractivity contribution in [3.63, 3.8) is 0 Å². The fraction of sp³-hybridized carbons (Fsp3) is 0.500. The molecule has 0 aromatic heterocycles. The molecule has 0 spiro atoms. The minimum Gasteiger partial charge on any atom is -0.478 e. The SMILES string of the molecule is CCCNc1ccc(S(=O)(=O)NCC(C)C)cc1C(=O)O. The van der Waals surface area contributed by atoms with E-state index in [1.807, 2.05) is 20.8 Å². The van der Waals surface area contributed by atoms with E-state index in [2.05, 4.69) is 10.0 Å². The largest absolute Gasteiger partial charge is 0.478 e. The van der Waals surface area contributed by atoms with Crippen LogP contribution in [0.15, 0.2) is 23.1 Å². The Morgan fingerprint density at radius 2 is 2.00 bits per heavy atom. The molecule has 1 aromatic rings. The van der Waals surface area contributed by atoms with Crippen LogP contribution in [0.5, 0.6) is 0 Å². The number of nitrogens with one attached hydrogen (secondary N) is 2. The number of hydrogen-bond donors (Lipinski definition) is 3. The fourth-order valence-electron chi connectivity index (χ4n) is 1.64. The summed E-state index contributed by atoms with van der Waals surface area (Å²) >= 11 is 0. The second-order valence-corrected chi connectivity index (χ2v) is 6.95. The lowest BCUT2D eigenvalue weighted by Crippen LogP contribution is -2.27. The van der Waals surface area contributed by atoms with Crippen LogP contribution in [-0.2, 0) is 10.0 Å². The molecular formula is C14H22N2O4S. The van der Waals surface area contributed by atoms with E-state index >= 15 is 0 Å². The van der Waals surface area contributed by atoms with E-state index in [9.17, 15) is 18.3 Å². The van der Waals surface area contributed by atoms with Crippen molar-refractivity contribution in [2.24, 2.45) is 5.92 Å². The summed E-state index contributed by atoms with van der Waals surface area (Å²) in [6.07, 6.45) is 0.842. The summed E-state index contributed by atoms with van der Waals surface area (Å²) in [5.41, 5.74) is 0.378. The topological polar surface area (TPSA) is 95.5 Å². The highest BCUT2D eigenvalue weighted by Crippen LogP contribution is 2.21. The molecule has 0 aliphatic carbocycles. The molecule has 0 amide bonds. The van der Waals surface area contributed by atoms with Crippen LogP contribution in [0.25, 0.3) is 0 Å². The maximum Gasteiger partial charge on any atom is 0.337 e. The number of anilines is 1. The Kier molecular flexibility index (Phi) is 6.17. The van der Waals surface area contributed by atoms with E-state index in [-0.39, 0.29) is 16.4 Å². The minimum atomic E-state index is -3.69. The number of rotatable bonds is 8. The van der Waals surface area contributed by atoms with Crippen molar-refractivity contribution in [1.29, 1.82) is 0 Å². The molecule has 3 N–H and O–H groups in total. The molecule has 0 heterocycles. The molecule has 0 bridgehead atoms. The molecule has 0 saturated heterocycles. The van der Waals surface area contributed by atoms with Gasteiger partial charge >= 0.3 is 5.97 Å². The van der Waals surface area contributed by atoms with Gasteiger partial charge in [0.15, 0.2) is 0 Å². The number of carbonyl (C=O) groups is 1. The van der Waals surface area contributed by atoms with E-state index in [4.69, 9.17) is 0 Å². The van der Waals surface area contributed by atoms with Gasteiger partial charge in [-0.2, -0.15) is 0 Å². The van der Waals surface area contributed by atoms with Crippen molar-refractivity contribution in [3.05, 3.63) is 23.8 Å². The van der Waals surface area contributed by atoms with Gasteiger partial charge in [0.2, 0.25) is 10.0 Å². The third-order valence-corrected chi connectivity index (χ3v) is 4.20. The smallest absolute Gasteiger partial charge is 0.337 e. The van der Waals surface area contributed by atoms with Crippen LogP contribution in [-0.4, -0.2) is 32.6 Å². The quantitative estimate of drug-likeness (QED) is 0.683. The Hall–Kier alpha value is -1.60. The van der Waals surface area contributed by atoms with Gasteiger partial charge in [0.1, 0.15) is 0 Å². The lowest BCUT2D eigenvalue weighted by atomic mass is 10.2. The average Bonchev–Trinajstić information content (AvgIpc) is 2.42. The molecular weight excluding hydrogens is 292 g/mol. The Balaban J connectivity index is 3.10. The molecule has 0 unspecified atom stereocenters. The molecule has 0 radical (unpaired) electrons. The van der Waals surface area contributed by atoms with Gasteiger partial charge in [-0.05, 0) is 30.5 Å². The molecule has 7 heteroatoms. The fourth-order valence-corrected chi connectivity index (χ4v) is 2.88. The van der Waals surface area contributed by atoms with Crippen molar-refractivity contribution in [1.82, 2.24) is 4.72 Å². The molecule has 0 fully saturated rings. The van der Waals surface area contributed by atoms with E-state index in [1.165, 1.54) is 18.2 Å². The Morgan fingerprint density at radius 1 is 1.33 bits per heavy atom. The summed E-state index contributed by atoms with van der Waals surface area (Å²) in [5, 5.41) is 12.2. The first kappa shape index (κ1) is 17.5.